The van der Waals surface area contributed by atoms with Gasteiger partial charge < -0.3 is 10.1 Å². The molecule has 1 aliphatic rings. The highest BCUT2D eigenvalue weighted by molar-refractivity contribution is 8.00. The molecule has 1 fully saturated rings. The molecule has 1 amide bonds. The fourth-order valence-corrected chi connectivity index (χ4v) is 4.14. The van der Waals surface area contributed by atoms with Gasteiger partial charge in [-0.3, -0.25) is 9.69 Å². The largest absolute Gasteiger partial charge is 0.379 e. The van der Waals surface area contributed by atoms with Crippen molar-refractivity contribution in [2.45, 2.75) is 23.9 Å². The average molecular weight is 406 g/mol. The van der Waals surface area contributed by atoms with E-state index in [1.165, 1.54) is 17.8 Å². The summed E-state index contributed by atoms with van der Waals surface area (Å²) in [5.74, 6) is -1.80. The van der Waals surface area contributed by atoms with Crippen LogP contribution in [0.3, 0.4) is 0 Å². The Morgan fingerprint density at radius 2 is 1.86 bits per heavy atom. The van der Waals surface area contributed by atoms with Crippen LogP contribution in [0.5, 0.6) is 0 Å². The van der Waals surface area contributed by atoms with Crippen molar-refractivity contribution in [2.24, 2.45) is 0 Å². The summed E-state index contributed by atoms with van der Waals surface area (Å²) in [7, 11) is 0. The minimum Gasteiger partial charge on any atom is -0.379 e. The minimum atomic E-state index is -0.907. The van der Waals surface area contributed by atoms with E-state index < -0.39 is 11.6 Å². The standard InChI is InChI=1S/C21H24F2N2O2S/c1-15(24-20(26)14-28-17-7-8-18(22)19(23)13-17)21(16-5-3-2-4-6-16)25-9-11-27-12-10-25/h2-8,13,15,21H,9-12,14H2,1H3,(H,24,26)/t15-,21-/m0/s1. The molecule has 150 valence electrons. The number of hydrogen-bond acceptors (Lipinski definition) is 4. The van der Waals surface area contributed by atoms with Crippen LogP contribution in [0.25, 0.3) is 0 Å². The van der Waals surface area contributed by atoms with Crippen LogP contribution in [-0.2, 0) is 9.53 Å². The smallest absolute Gasteiger partial charge is 0.230 e. The number of halogens is 2. The van der Waals surface area contributed by atoms with Crippen molar-refractivity contribution < 1.29 is 18.3 Å². The second-order valence-corrected chi connectivity index (χ2v) is 7.77. The quantitative estimate of drug-likeness (QED) is 0.713. The number of benzene rings is 2. The first kappa shape index (κ1) is 20.8. The Kier molecular flexibility index (Phi) is 7.42. The van der Waals surface area contributed by atoms with Gasteiger partial charge >= 0.3 is 0 Å². The molecule has 2 aromatic carbocycles. The molecule has 1 N–H and O–H groups in total. The van der Waals surface area contributed by atoms with Crippen LogP contribution in [0.15, 0.2) is 53.4 Å². The van der Waals surface area contributed by atoms with Crippen molar-refractivity contribution in [2.75, 3.05) is 32.1 Å². The summed E-state index contributed by atoms with van der Waals surface area (Å²) < 4.78 is 31.8. The number of hydrogen-bond donors (Lipinski definition) is 1. The molecule has 4 nitrogen and oxygen atoms in total. The molecule has 0 bridgehead atoms. The molecule has 0 spiro atoms. The highest BCUT2D eigenvalue weighted by Gasteiger charge is 2.28. The molecule has 1 heterocycles. The zero-order valence-corrected chi connectivity index (χ0v) is 16.6. The van der Waals surface area contributed by atoms with Crippen molar-refractivity contribution in [3.05, 3.63) is 65.7 Å². The summed E-state index contributed by atoms with van der Waals surface area (Å²) in [4.78, 5) is 15.3. The number of morpholine rings is 1. The lowest BCUT2D eigenvalue weighted by atomic mass is 9.98. The third kappa shape index (κ3) is 5.53. The third-order valence-corrected chi connectivity index (χ3v) is 5.70. The van der Waals surface area contributed by atoms with Crippen LogP contribution in [-0.4, -0.2) is 48.9 Å². The Bertz CT molecular complexity index is 785. The molecule has 0 aromatic heterocycles. The number of amides is 1. The van der Waals surface area contributed by atoms with E-state index in [0.29, 0.717) is 18.1 Å². The number of nitrogens with one attached hydrogen (secondary N) is 1. The molecule has 0 saturated carbocycles. The van der Waals surface area contributed by atoms with Gasteiger partial charge in [-0.2, -0.15) is 0 Å². The highest BCUT2D eigenvalue weighted by atomic mass is 32.2. The minimum absolute atomic E-state index is 0.0438. The lowest BCUT2D eigenvalue weighted by molar-refractivity contribution is -0.119. The van der Waals surface area contributed by atoms with Gasteiger partial charge in [-0.05, 0) is 30.7 Å². The van der Waals surface area contributed by atoms with E-state index in [2.05, 4.69) is 22.3 Å². The maximum absolute atomic E-state index is 13.3. The first-order chi connectivity index (χ1) is 13.5. The van der Waals surface area contributed by atoms with E-state index in [1.54, 1.807) is 0 Å². The number of nitrogens with zero attached hydrogens (tertiary/aromatic N) is 1. The van der Waals surface area contributed by atoms with Crippen molar-refractivity contribution in [1.29, 1.82) is 0 Å². The maximum Gasteiger partial charge on any atom is 0.230 e. The molecule has 2 aromatic rings. The van der Waals surface area contributed by atoms with Gasteiger partial charge in [-0.25, -0.2) is 8.78 Å². The Morgan fingerprint density at radius 1 is 1.14 bits per heavy atom. The lowest BCUT2D eigenvalue weighted by Gasteiger charge is -2.38. The van der Waals surface area contributed by atoms with E-state index in [1.807, 2.05) is 25.1 Å². The van der Waals surface area contributed by atoms with Crippen LogP contribution in [0.2, 0.25) is 0 Å². The number of rotatable bonds is 7. The first-order valence-electron chi connectivity index (χ1n) is 9.28. The molecule has 0 unspecified atom stereocenters. The van der Waals surface area contributed by atoms with Gasteiger partial charge in [0, 0.05) is 24.0 Å². The van der Waals surface area contributed by atoms with Crippen molar-refractivity contribution in [1.82, 2.24) is 10.2 Å². The van der Waals surface area contributed by atoms with E-state index >= 15 is 0 Å². The molecular formula is C21H24F2N2O2S. The summed E-state index contributed by atoms with van der Waals surface area (Å²) in [6.45, 7) is 4.96. The summed E-state index contributed by atoms with van der Waals surface area (Å²) in [5.41, 5.74) is 1.14. The van der Waals surface area contributed by atoms with Crippen molar-refractivity contribution in [3.63, 3.8) is 0 Å². The topological polar surface area (TPSA) is 41.6 Å². The Hall–Kier alpha value is -1.96. The fraction of sp³-hybridized carbons (Fsp3) is 0.381. The Morgan fingerprint density at radius 3 is 2.54 bits per heavy atom. The molecule has 28 heavy (non-hydrogen) atoms. The number of carbonyl (C=O) groups is 1. The molecule has 2 atom stereocenters. The zero-order valence-electron chi connectivity index (χ0n) is 15.7. The van der Waals surface area contributed by atoms with Gasteiger partial charge in [0.1, 0.15) is 0 Å². The highest BCUT2D eigenvalue weighted by Crippen LogP contribution is 2.26. The SMILES string of the molecule is C[C@H](NC(=O)CSc1ccc(F)c(F)c1)[C@@H](c1ccccc1)N1CCOCC1. The van der Waals surface area contributed by atoms with Gasteiger partial charge in [0.15, 0.2) is 11.6 Å². The van der Waals surface area contributed by atoms with Crippen LogP contribution >= 0.6 is 11.8 Å². The molecule has 3 rings (SSSR count). The number of thioether (sulfide) groups is 1. The second-order valence-electron chi connectivity index (χ2n) is 6.72. The second kappa shape index (κ2) is 10.0. The first-order valence-corrected chi connectivity index (χ1v) is 10.3. The van der Waals surface area contributed by atoms with Crippen LogP contribution in [0, 0.1) is 11.6 Å². The van der Waals surface area contributed by atoms with Crippen molar-refractivity contribution >= 4 is 17.7 Å². The average Bonchev–Trinajstić information content (AvgIpc) is 2.71. The molecule has 7 heteroatoms. The van der Waals surface area contributed by atoms with Gasteiger partial charge in [-0.15, -0.1) is 11.8 Å². The predicted octanol–water partition coefficient (Wildman–Crippen LogP) is 3.64. The molecule has 0 aliphatic carbocycles. The van der Waals surface area contributed by atoms with Gasteiger partial charge in [0.05, 0.1) is 25.0 Å². The summed E-state index contributed by atoms with van der Waals surface area (Å²) in [5, 5.41) is 3.06. The summed E-state index contributed by atoms with van der Waals surface area (Å²) >= 11 is 1.18. The number of carbonyl (C=O) groups excluding carboxylic acids is 1. The Balaban J connectivity index is 1.62. The van der Waals surface area contributed by atoms with Crippen LogP contribution in [0.1, 0.15) is 18.5 Å². The van der Waals surface area contributed by atoms with Crippen molar-refractivity contribution in [3.8, 4) is 0 Å². The molecular weight excluding hydrogens is 382 g/mol. The third-order valence-electron chi connectivity index (χ3n) is 4.70. The van der Waals surface area contributed by atoms with E-state index in [-0.39, 0.29) is 23.7 Å². The van der Waals surface area contributed by atoms with Gasteiger partial charge in [0.2, 0.25) is 5.91 Å². The normalized spacial score (nSPS) is 17.1. The van der Waals surface area contributed by atoms with Gasteiger partial charge in [0.25, 0.3) is 0 Å². The fourth-order valence-electron chi connectivity index (χ4n) is 3.41. The molecule has 1 aliphatic heterocycles. The van der Waals surface area contributed by atoms with Gasteiger partial charge in [-0.1, -0.05) is 30.3 Å². The maximum atomic E-state index is 13.3. The van der Waals surface area contributed by atoms with Crippen LogP contribution in [0.4, 0.5) is 8.78 Å². The van der Waals surface area contributed by atoms with E-state index in [9.17, 15) is 13.6 Å². The number of ether oxygens (including phenoxy) is 1. The molecule has 0 radical (unpaired) electrons. The summed E-state index contributed by atoms with van der Waals surface area (Å²) in [6.07, 6.45) is 0. The lowest BCUT2D eigenvalue weighted by Crippen LogP contribution is -2.48. The van der Waals surface area contributed by atoms with Crippen LogP contribution < -0.4 is 5.32 Å². The zero-order chi connectivity index (χ0) is 19.9. The summed E-state index contributed by atoms with van der Waals surface area (Å²) in [6, 6.07) is 13.7. The van der Waals surface area contributed by atoms with E-state index in [4.69, 9.17) is 4.74 Å². The Labute approximate surface area is 168 Å². The monoisotopic (exact) mass is 406 g/mol. The van der Waals surface area contributed by atoms with E-state index in [0.717, 1.165) is 30.8 Å². The predicted molar refractivity (Wildman–Crippen MR) is 106 cm³/mol. The molecule has 1 saturated heterocycles.